The number of fused-ring (bicyclic) bond motifs is 5. The van der Waals surface area contributed by atoms with Gasteiger partial charge < -0.3 is 0 Å². The molecule has 0 saturated heterocycles. The number of rotatable bonds is 4. The van der Waals surface area contributed by atoms with Gasteiger partial charge in [-0.15, -0.1) is 0 Å². The van der Waals surface area contributed by atoms with Crippen molar-refractivity contribution in [1.82, 2.24) is 0 Å². The van der Waals surface area contributed by atoms with Crippen molar-refractivity contribution in [2.75, 3.05) is 0 Å². The van der Waals surface area contributed by atoms with Crippen LogP contribution in [0, 0.1) is 6.92 Å². The molecule has 0 amide bonds. The maximum atomic E-state index is 2.43. The van der Waals surface area contributed by atoms with Crippen LogP contribution in [0.3, 0.4) is 0 Å². The Morgan fingerprint density at radius 1 is 0.326 bits per heavy atom. The van der Waals surface area contributed by atoms with Crippen molar-refractivity contribution in [2.24, 2.45) is 0 Å². The Bertz CT molecular complexity index is 2280. The summed E-state index contributed by atoms with van der Waals surface area (Å²) in [5, 5.41) is 5.05. The van der Waals surface area contributed by atoms with Crippen molar-refractivity contribution in [1.29, 1.82) is 0 Å². The molecule has 8 aromatic rings. The van der Waals surface area contributed by atoms with E-state index in [0.717, 1.165) is 0 Å². The molecular formula is C46H32. The molecule has 0 fully saturated rings. The van der Waals surface area contributed by atoms with Crippen LogP contribution in [0.2, 0.25) is 0 Å². The van der Waals surface area contributed by atoms with Gasteiger partial charge in [0.1, 0.15) is 0 Å². The minimum Gasteiger partial charge on any atom is -0.0622 e. The molecule has 8 aromatic carbocycles. The maximum absolute atomic E-state index is 2.43. The fourth-order valence-corrected chi connectivity index (χ4v) is 7.71. The van der Waals surface area contributed by atoms with E-state index in [1.54, 1.807) is 0 Å². The van der Waals surface area contributed by atoms with Gasteiger partial charge in [0.05, 0.1) is 5.41 Å². The zero-order valence-electron chi connectivity index (χ0n) is 25.7. The van der Waals surface area contributed by atoms with Crippen LogP contribution >= 0.6 is 0 Å². The lowest BCUT2D eigenvalue weighted by atomic mass is 9.67. The molecule has 0 N–H and O–H groups in total. The molecule has 1 aliphatic rings. The molecule has 0 saturated carbocycles. The highest BCUT2D eigenvalue weighted by molar-refractivity contribution is 5.94. The predicted octanol–water partition coefficient (Wildman–Crippen LogP) is 12.0. The van der Waals surface area contributed by atoms with Crippen LogP contribution in [0.1, 0.15) is 27.8 Å². The second kappa shape index (κ2) is 10.4. The van der Waals surface area contributed by atoms with E-state index in [1.807, 2.05) is 0 Å². The number of benzene rings is 8. The second-order valence-electron chi connectivity index (χ2n) is 12.6. The third-order valence-corrected chi connectivity index (χ3v) is 9.99. The van der Waals surface area contributed by atoms with E-state index < -0.39 is 5.41 Å². The van der Waals surface area contributed by atoms with E-state index in [4.69, 9.17) is 0 Å². The fourth-order valence-electron chi connectivity index (χ4n) is 7.71. The van der Waals surface area contributed by atoms with E-state index in [1.165, 1.54) is 82.7 Å². The zero-order valence-corrected chi connectivity index (χ0v) is 25.7. The summed E-state index contributed by atoms with van der Waals surface area (Å²) in [4.78, 5) is 0. The number of aryl methyl sites for hydroxylation is 1. The topological polar surface area (TPSA) is 0 Å². The third-order valence-electron chi connectivity index (χ3n) is 9.99. The lowest BCUT2D eigenvalue weighted by molar-refractivity contribution is 0.768. The van der Waals surface area contributed by atoms with Gasteiger partial charge in [-0.2, -0.15) is 0 Å². The largest absolute Gasteiger partial charge is 0.0713 e. The molecule has 0 spiro atoms. The zero-order chi connectivity index (χ0) is 30.7. The van der Waals surface area contributed by atoms with Gasteiger partial charge in [-0.25, -0.2) is 0 Å². The normalized spacial score (nSPS) is 13.1. The highest BCUT2D eigenvalue weighted by atomic mass is 14.5. The molecule has 0 atom stereocenters. The number of hydrogen-bond acceptors (Lipinski definition) is 0. The second-order valence-corrected chi connectivity index (χ2v) is 12.6. The van der Waals surface area contributed by atoms with E-state index in [-0.39, 0.29) is 0 Å². The quantitative estimate of drug-likeness (QED) is 0.193. The lowest BCUT2D eigenvalue weighted by Gasteiger charge is -2.34. The summed E-state index contributed by atoms with van der Waals surface area (Å²) >= 11 is 0. The summed E-state index contributed by atoms with van der Waals surface area (Å²) in [7, 11) is 0. The first-order valence-electron chi connectivity index (χ1n) is 16.1. The Labute approximate surface area is 270 Å². The van der Waals surface area contributed by atoms with Gasteiger partial charge in [0, 0.05) is 0 Å². The fraction of sp³-hybridized carbons (Fsp3) is 0.0435. The highest BCUT2D eigenvalue weighted by Crippen LogP contribution is 2.57. The summed E-state index contributed by atoms with van der Waals surface area (Å²) in [5.74, 6) is 0. The Morgan fingerprint density at radius 2 is 0.739 bits per heavy atom. The van der Waals surface area contributed by atoms with Crippen molar-refractivity contribution in [3.63, 3.8) is 0 Å². The van der Waals surface area contributed by atoms with Gasteiger partial charge in [0.25, 0.3) is 0 Å². The minimum atomic E-state index is -0.427. The van der Waals surface area contributed by atoms with Crippen molar-refractivity contribution in [3.05, 3.63) is 204 Å². The van der Waals surface area contributed by atoms with Gasteiger partial charge in [0.15, 0.2) is 0 Å². The SMILES string of the molecule is Cc1ccc(C2(c3ccccc3)c3ccc(-c4ccc5ccccc5c4)cc3-c3cc(-c4ccc5ccccc5c4)ccc32)cc1. The Balaban J connectivity index is 1.32. The molecule has 0 aliphatic heterocycles. The Morgan fingerprint density at radius 3 is 1.26 bits per heavy atom. The van der Waals surface area contributed by atoms with Gasteiger partial charge >= 0.3 is 0 Å². The first kappa shape index (κ1) is 26.7. The molecular weight excluding hydrogens is 553 g/mol. The lowest BCUT2D eigenvalue weighted by Crippen LogP contribution is -2.28. The van der Waals surface area contributed by atoms with Crippen LogP contribution in [0.4, 0.5) is 0 Å². The monoisotopic (exact) mass is 584 g/mol. The molecule has 9 rings (SSSR count). The van der Waals surface area contributed by atoms with Crippen molar-refractivity contribution in [2.45, 2.75) is 12.3 Å². The molecule has 0 aromatic heterocycles. The standard InChI is InChI=1S/C46H32/c1-31-15-23-41(24-16-31)46(40-13-3-2-4-14-40)44-25-21-38(36-19-17-32-9-5-7-11-34(32)27-36)29-42(44)43-30-39(22-26-45(43)46)37-20-18-33-10-6-8-12-35(33)28-37/h2-30H,1H3. The van der Waals surface area contributed by atoms with Gasteiger partial charge in [-0.05, 0) is 108 Å². The molecule has 0 unspecified atom stereocenters. The average molecular weight is 585 g/mol. The summed E-state index contributed by atoms with van der Waals surface area (Å²) < 4.78 is 0. The molecule has 0 radical (unpaired) electrons. The first-order chi connectivity index (χ1) is 22.7. The van der Waals surface area contributed by atoms with E-state index in [2.05, 4.69) is 183 Å². The van der Waals surface area contributed by atoms with Crippen molar-refractivity contribution < 1.29 is 0 Å². The predicted molar refractivity (Wildman–Crippen MR) is 194 cm³/mol. The highest BCUT2D eigenvalue weighted by Gasteiger charge is 2.46. The minimum absolute atomic E-state index is 0.427. The van der Waals surface area contributed by atoms with Crippen molar-refractivity contribution in [3.8, 4) is 33.4 Å². The van der Waals surface area contributed by atoms with Crippen LogP contribution in [-0.2, 0) is 5.41 Å². The van der Waals surface area contributed by atoms with Crippen molar-refractivity contribution >= 4 is 21.5 Å². The summed E-state index contributed by atoms with van der Waals surface area (Å²) in [6, 6.07) is 65.4. The van der Waals surface area contributed by atoms with E-state index in [0.29, 0.717) is 0 Å². The van der Waals surface area contributed by atoms with Crippen LogP contribution in [-0.4, -0.2) is 0 Å². The first-order valence-corrected chi connectivity index (χ1v) is 16.1. The smallest absolute Gasteiger partial charge is 0.0622 e. The van der Waals surface area contributed by atoms with Crippen LogP contribution in [0.5, 0.6) is 0 Å². The molecule has 0 heteroatoms. The summed E-state index contributed by atoms with van der Waals surface area (Å²) in [6.45, 7) is 2.17. The average Bonchev–Trinajstić information content (AvgIpc) is 3.41. The van der Waals surface area contributed by atoms with Crippen LogP contribution in [0.15, 0.2) is 176 Å². The third kappa shape index (κ3) is 4.07. The van der Waals surface area contributed by atoms with Gasteiger partial charge in [0.2, 0.25) is 0 Å². The van der Waals surface area contributed by atoms with Crippen LogP contribution < -0.4 is 0 Å². The molecule has 0 bridgehead atoms. The Hall–Kier alpha value is -5.72. The number of hydrogen-bond donors (Lipinski definition) is 0. The van der Waals surface area contributed by atoms with E-state index >= 15 is 0 Å². The maximum Gasteiger partial charge on any atom is 0.0713 e. The summed E-state index contributed by atoms with van der Waals surface area (Å²) in [5.41, 5.74) is 13.6. The van der Waals surface area contributed by atoms with E-state index in [9.17, 15) is 0 Å². The molecule has 1 aliphatic carbocycles. The van der Waals surface area contributed by atoms with Crippen LogP contribution in [0.25, 0.3) is 54.9 Å². The Kier molecular flexibility index (Phi) is 6.05. The molecule has 46 heavy (non-hydrogen) atoms. The molecule has 216 valence electrons. The van der Waals surface area contributed by atoms with Gasteiger partial charge in [-0.1, -0.05) is 157 Å². The van der Waals surface area contributed by atoms with Gasteiger partial charge in [-0.3, -0.25) is 0 Å². The summed E-state index contributed by atoms with van der Waals surface area (Å²) in [6.07, 6.45) is 0. The molecule has 0 nitrogen and oxygen atoms in total. The molecule has 0 heterocycles.